The molecular weight excluding hydrogens is 484 g/mol. The van der Waals surface area contributed by atoms with E-state index in [1.165, 1.54) is 23.8 Å². The lowest BCUT2D eigenvalue weighted by Crippen LogP contribution is -2.71. The van der Waals surface area contributed by atoms with Gasteiger partial charge in [-0.1, -0.05) is 5.16 Å². The smallest absolute Gasteiger partial charge is 0.352 e. The lowest BCUT2D eigenvalue weighted by atomic mass is 9.98. The summed E-state index contributed by atoms with van der Waals surface area (Å²) in [6.07, 6.45) is 1.73. The van der Waals surface area contributed by atoms with Gasteiger partial charge in [-0.15, -0.1) is 23.1 Å². The van der Waals surface area contributed by atoms with Crippen LogP contribution in [0.3, 0.4) is 0 Å². The molecule has 0 aromatic carbocycles. The quantitative estimate of drug-likeness (QED) is 0.206. The second kappa shape index (κ2) is 9.52. The van der Waals surface area contributed by atoms with E-state index >= 15 is 0 Å². The van der Waals surface area contributed by atoms with E-state index < -0.39 is 34.7 Å². The molecule has 1 aromatic heterocycles. The van der Waals surface area contributed by atoms with E-state index in [0.717, 1.165) is 30.7 Å². The molecular formula is C20H26N6O6S2. The Kier molecular flexibility index (Phi) is 6.85. The highest BCUT2D eigenvalue weighted by atomic mass is 32.2. The van der Waals surface area contributed by atoms with Crippen LogP contribution in [0.25, 0.3) is 0 Å². The fraction of sp³-hybridized carbons (Fsp3) is 0.550. The van der Waals surface area contributed by atoms with Gasteiger partial charge in [-0.05, 0) is 31.9 Å². The molecule has 0 bridgehead atoms. The number of aromatic nitrogens is 1. The second-order valence-electron chi connectivity index (χ2n) is 8.49. The predicted molar refractivity (Wildman–Crippen MR) is 126 cm³/mol. The number of carboxylic acids is 1. The fourth-order valence-electron chi connectivity index (χ4n) is 4.46. The summed E-state index contributed by atoms with van der Waals surface area (Å²) < 4.78 is 0. The highest BCUT2D eigenvalue weighted by Crippen LogP contribution is 2.41. The molecule has 0 spiro atoms. The van der Waals surface area contributed by atoms with Gasteiger partial charge in [-0.25, -0.2) is 9.78 Å². The third-order valence-corrected chi connectivity index (χ3v) is 8.34. The minimum atomic E-state index is -1.19. The highest BCUT2D eigenvalue weighted by molar-refractivity contribution is 8.00. The van der Waals surface area contributed by atoms with Gasteiger partial charge < -0.3 is 26.1 Å². The van der Waals surface area contributed by atoms with Crippen molar-refractivity contribution < 1.29 is 29.4 Å². The first-order valence-corrected chi connectivity index (χ1v) is 12.5. The zero-order valence-electron chi connectivity index (χ0n) is 18.7. The van der Waals surface area contributed by atoms with Gasteiger partial charge in [0.25, 0.3) is 11.8 Å². The Labute approximate surface area is 203 Å². The van der Waals surface area contributed by atoms with Crippen LogP contribution >= 0.6 is 23.1 Å². The number of nitrogen functional groups attached to an aromatic ring is 1. The molecule has 2 saturated heterocycles. The number of aliphatic hydroxyl groups excluding tert-OH is 1. The Morgan fingerprint density at radius 2 is 2.24 bits per heavy atom. The maximum Gasteiger partial charge on any atom is 0.352 e. The van der Waals surface area contributed by atoms with Crippen molar-refractivity contribution in [2.45, 2.75) is 36.7 Å². The zero-order valence-corrected chi connectivity index (χ0v) is 20.3. The average molecular weight is 511 g/mol. The maximum atomic E-state index is 13.0. The van der Waals surface area contributed by atoms with Gasteiger partial charge in [-0.3, -0.25) is 19.4 Å². The number of β-lactam (4-membered cyclic amide) rings is 1. The standard InChI is InChI=1S/C20H26N6O6S2/c1-20(9-27)4-3-5-25(20)6-10-7-33-17-13(16(29)26(17)14(10)18(30)31)23-15(28)12(24-32-2)11-8-34-19(21)22-11/h8,13,17,27H,3-7,9H2,1-2H3,(H2,21,22)(H,23,28)(H,30,31)/t13-,17+,20+/m1/s1. The summed E-state index contributed by atoms with van der Waals surface area (Å²) >= 11 is 2.52. The van der Waals surface area contributed by atoms with E-state index in [1.54, 1.807) is 5.38 Å². The Morgan fingerprint density at radius 1 is 1.47 bits per heavy atom. The first kappa shape index (κ1) is 24.4. The van der Waals surface area contributed by atoms with Crippen molar-refractivity contribution in [3.05, 3.63) is 22.3 Å². The number of rotatable bonds is 8. The summed E-state index contributed by atoms with van der Waals surface area (Å²) in [4.78, 5) is 50.1. The molecule has 4 heterocycles. The van der Waals surface area contributed by atoms with Crippen LogP contribution in [0, 0.1) is 0 Å². The number of nitrogens with two attached hydrogens (primary N) is 1. The number of thioether (sulfide) groups is 1. The van der Waals surface area contributed by atoms with E-state index in [2.05, 4.69) is 20.4 Å². The highest BCUT2D eigenvalue weighted by Gasteiger charge is 2.54. The number of likely N-dealkylation sites (tertiary alicyclic amines) is 1. The number of nitrogens with zero attached hydrogens (tertiary/aromatic N) is 4. The van der Waals surface area contributed by atoms with Gasteiger partial charge in [-0.2, -0.15) is 0 Å². The van der Waals surface area contributed by atoms with Crippen LogP contribution in [-0.4, -0.2) is 98.0 Å². The normalized spacial score (nSPS) is 27.4. The summed E-state index contributed by atoms with van der Waals surface area (Å²) in [5, 5.41) is 27.3. The van der Waals surface area contributed by atoms with Gasteiger partial charge in [0.05, 0.1) is 6.61 Å². The first-order valence-electron chi connectivity index (χ1n) is 10.6. The molecule has 2 fully saturated rings. The molecule has 34 heavy (non-hydrogen) atoms. The average Bonchev–Trinajstić information content (AvgIpc) is 3.40. The van der Waals surface area contributed by atoms with E-state index in [9.17, 15) is 24.6 Å². The van der Waals surface area contributed by atoms with Gasteiger partial charge in [0.2, 0.25) is 0 Å². The number of hydrogen-bond donors (Lipinski definition) is 4. The molecule has 3 atom stereocenters. The lowest BCUT2D eigenvalue weighted by molar-refractivity contribution is -0.150. The second-order valence-corrected chi connectivity index (χ2v) is 10.5. The van der Waals surface area contributed by atoms with Crippen molar-refractivity contribution in [3.63, 3.8) is 0 Å². The topological polar surface area (TPSA) is 171 Å². The molecule has 4 rings (SSSR count). The van der Waals surface area contributed by atoms with E-state index in [4.69, 9.17) is 10.6 Å². The molecule has 2 amide bonds. The number of anilines is 1. The van der Waals surface area contributed by atoms with Gasteiger partial charge >= 0.3 is 5.97 Å². The Morgan fingerprint density at radius 3 is 2.85 bits per heavy atom. The summed E-state index contributed by atoms with van der Waals surface area (Å²) in [5.41, 5.74) is 5.88. The van der Waals surface area contributed by atoms with Crippen LogP contribution in [0.2, 0.25) is 0 Å². The maximum absolute atomic E-state index is 13.0. The Bertz CT molecular complexity index is 1070. The molecule has 0 unspecified atom stereocenters. The Balaban J connectivity index is 1.52. The number of aliphatic carboxylic acids is 1. The SMILES string of the molecule is CON=C(C(=O)N[C@@H]1C(=O)N2C(C(=O)O)=C(CN3CCC[C@@]3(C)CO)CS[C@@H]12)c1csc(N)n1. The number of carboxylic acid groups (broad SMARTS) is 1. The van der Waals surface area contributed by atoms with E-state index in [-0.39, 0.29) is 28.8 Å². The van der Waals surface area contributed by atoms with Gasteiger partial charge in [0.1, 0.15) is 29.9 Å². The van der Waals surface area contributed by atoms with Gasteiger partial charge in [0.15, 0.2) is 10.8 Å². The summed E-state index contributed by atoms with van der Waals surface area (Å²) in [6, 6.07) is -0.916. The van der Waals surface area contributed by atoms with E-state index in [0.29, 0.717) is 17.9 Å². The number of hydrogen-bond acceptors (Lipinski definition) is 11. The van der Waals surface area contributed by atoms with Crippen molar-refractivity contribution in [2.24, 2.45) is 5.16 Å². The minimum absolute atomic E-state index is 0.0226. The summed E-state index contributed by atoms with van der Waals surface area (Å²) in [6.45, 7) is 3.03. The minimum Gasteiger partial charge on any atom is -0.477 e. The largest absolute Gasteiger partial charge is 0.477 e. The first-order chi connectivity index (χ1) is 16.2. The molecule has 14 heteroatoms. The number of aliphatic hydroxyl groups is 1. The number of thiazole rings is 1. The number of carbonyl (C=O) groups is 3. The van der Waals surface area contributed by atoms with Crippen LogP contribution < -0.4 is 11.1 Å². The van der Waals surface area contributed by atoms with Crippen LogP contribution in [0.4, 0.5) is 5.13 Å². The third kappa shape index (κ3) is 4.26. The molecule has 3 aliphatic heterocycles. The monoisotopic (exact) mass is 510 g/mol. The molecule has 5 N–H and O–H groups in total. The number of amides is 2. The van der Waals surface area contributed by atoms with Crippen LogP contribution in [0.5, 0.6) is 0 Å². The zero-order chi connectivity index (χ0) is 24.6. The van der Waals surface area contributed by atoms with Crippen LogP contribution in [0.15, 0.2) is 21.8 Å². The number of nitrogens with one attached hydrogen (secondary N) is 1. The number of carbonyl (C=O) groups excluding carboxylic acids is 2. The van der Waals surface area contributed by atoms with Crippen molar-refractivity contribution in [2.75, 3.05) is 38.3 Å². The Hall–Kier alpha value is -2.68. The molecule has 3 aliphatic rings. The molecule has 1 aromatic rings. The van der Waals surface area contributed by atoms with Gasteiger partial charge in [0, 0.05) is 23.2 Å². The summed E-state index contributed by atoms with van der Waals surface area (Å²) in [7, 11) is 1.28. The van der Waals surface area contributed by atoms with Crippen molar-refractivity contribution in [3.8, 4) is 0 Å². The molecule has 12 nitrogen and oxygen atoms in total. The van der Waals surface area contributed by atoms with Crippen LogP contribution in [-0.2, 0) is 19.2 Å². The fourth-order valence-corrected chi connectivity index (χ4v) is 6.35. The lowest BCUT2D eigenvalue weighted by Gasteiger charge is -2.50. The van der Waals surface area contributed by atoms with Crippen molar-refractivity contribution >= 4 is 51.7 Å². The van der Waals surface area contributed by atoms with Crippen molar-refractivity contribution in [1.29, 1.82) is 0 Å². The molecule has 0 saturated carbocycles. The predicted octanol–water partition coefficient (Wildman–Crippen LogP) is -0.339. The molecule has 184 valence electrons. The summed E-state index contributed by atoms with van der Waals surface area (Å²) in [5.74, 6) is -1.99. The molecule has 0 aliphatic carbocycles. The number of fused-ring (bicyclic) bond motifs is 1. The third-order valence-electron chi connectivity index (χ3n) is 6.33. The van der Waals surface area contributed by atoms with Crippen molar-refractivity contribution in [1.82, 2.24) is 20.1 Å². The molecule has 0 radical (unpaired) electrons. The number of oxime groups is 1. The van der Waals surface area contributed by atoms with Crippen LogP contribution in [0.1, 0.15) is 25.5 Å². The van der Waals surface area contributed by atoms with E-state index in [1.807, 2.05) is 6.92 Å².